The van der Waals surface area contributed by atoms with Crippen LogP contribution < -0.4 is 10.6 Å². The summed E-state index contributed by atoms with van der Waals surface area (Å²) in [5, 5.41) is 5.58. The maximum atomic E-state index is 12.4. The number of benzene rings is 2. The Labute approximate surface area is 178 Å². The summed E-state index contributed by atoms with van der Waals surface area (Å²) in [4.78, 5) is 35.6. The summed E-state index contributed by atoms with van der Waals surface area (Å²) in [6, 6.07) is 14.3. The first-order valence-corrected chi connectivity index (χ1v) is 10.1. The van der Waals surface area contributed by atoms with Crippen LogP contribution in [0.5, 0.6) is 0 Å². The van der Waals surface area contributed by atoms with Crippen molar-refractivity contribution < 1.29 is 19.1 Å². The van der Waals surface area contributed by atoms with Crippen molar-refractivity contribution >= 4 is 23.5 Å². The lowest BCUT2D eigenvalue weighted by Crippen LogP contribution is -2.35. The monoisotopic (exact) mass is 410 g/mol. The fourth-order valence-corrected chi connectivity index (χ4v) is 3.05. The molecule has 0 aliphatic carbocycles. The second kappa shape index (κ2) is 10.6. The molecule has 160 valence electrons. The summed E-state index contributed by atoms with van der Waals surface area (Å²) in [5.41, 5.74) is 3.15. The average molecular weight is 411 g/mol. The second-order valence-corrected chi connectivity index (χ2v) is 7.95. The van der Waals surface area contributed by atoms with Crippen LogP contribution in [0.3, 0.4) is 0 Å². The van der Waals surface area contributed by atoms with Gasteiger partial charge in [-0.25, -0.2) is 4.79 Å². The second-order valence-electron chi connectivity index (χ2n) is 7.95. The third-order valence-corrected chi connectivity index (χ3v) is 4.72. The fraction of sp³-hybridized carbons (Fsp3) is 0.375. The largest absolute Gasteiger partial charge is 0.452 e. The first-order valence-electron chi connectivity index (χ1n) is 10.1. The molecule has 0 aromatic heterocycles. The van der Waals surface area contributed by atoms with Crippen molar-refractivity contribution in [1.82, 2.24) is 5.32 Å². The molecule has 0 saturated carbocycles. The Morgan fingerprint density at radius 3 is 1.93 bits per heavy atom. The van der Waals surface area contributed by atoms with Gasteiger partial charge in [-0.2, -0.15) is 0 Å². The number of carbonyl (C=O) groups excluding carboxylic acids is 3. The van der Waals surface area contributed by atoms with Gasteiger partial charge < -0.3 is 15.4 Å². The third-order valence-electron chi connectivity index (χ3n) is 4.72. The van der Waals surface area contributed by atoms with Gasteiger partial charge in [0.1, 0.15) is 0 Å². The average Bonchev–Trinajstić information content (AvgIpc) is 2.70. The van der Waals surface area contributed by atoms with E-state index in [0.29, 0.717) is 17.2 Å². The molecule has 0 fully saturated rings. The molecule has 0 aliphatic heterocycles. The van der Waals surface area contributed by atoms with Gasteiger partial charge in [0.25, 0.3) is 5.91 Å². The Kier molecular flexibility index (Phi) is 8.16. The molecule has 6 heteroatoms. The maximum Gasteiger partial charge on any atom is 0.338 e. The zero-order valence-electron chi connectivity index (χ0n) is 18.2. The molecule has 2 aromatic carbocycles. The highest BCUT2D eigenvalue weighted by Gasteiger charge is 2.19. The Balaban J connectivity index is 1.94. The van der Waals surface area contributed by atoms with Crippen molar-refractivity contribution in [3.63, 3.8) is 0 Å². The van der Waals surface area contributed by atoms with Gasteiger partial charge in [-0.05, 0) is 47.2 Å². The summed E-state index contributed by atoms with van der Waals surface area (Å²) < 4.78 is 5.14. The normalized spacial score (nSPS) is 11.8. The highest BCUT2D eigenvalue weighted by atomic mass is 16.5. The number of ether oxygens (including phenoxy) is 1. The zero-order chi connectivity index (χ0) is 22.3. The van der Waals surface area contributed by atoms with Gasteiger partial charge in [0.15, 0.2) is 6.61 Å². The molecule has 0 unspecified atom stereocenters. The van der Waals surface area contributed by atoms with Crippen LogP contribution >= 0.6 is 0 Å². The van der Waals surface area contributed by atoms with Crippen LogP contribution in [0.2, 0.25) is 0 Å². The molecule has 1 atom stereocenters. The first kappa shape index (κ1) is 23.1. The Bertz CT molecular complexity index is 871. The van der Waals surface area contributed by atoms with E-state index in [1.807, 2.05) is 26.0 Å². The first-order chi connectivity index (χ1) is 14.2. The van der Waals surface area contributed by atoms with Gasteiger partial charge in [0, 0.05) is 12.6 Å². The van der Waals surface area contributed by atoms with E-state index in [2.05, 4.69) is 36.6 Å². The predicted octanol–water partition coefficient (Wildman–Crippen LogP) is 4.44. The Morgan fingerprint density at radius 2 is 1.43 bits per heavy atom. The Hall–Kier alpha value is -3.15. The molecule has 0 heterocycles. The molecule has 0 spiro atoms. The minimum absolute atomic E-state index is 0.172. The van der Waals surface area contributed by atoms with E-state index in [1.165, 1.54) is 12.5 Å². The van der Waals surface area contributed by atoms with Gasteiger partial charge in [-0.3, -0.25) is 9.59 Å². The van der Waals surface area contributed by atoms with Crippen molar-refractivity contribution in [3.8, 4) is 0 Å². The van der Waals surface area contributed by atoms with E-state index in [1.54, 1.807) is 24.3 Å². The van der Waals surface area contributed by atoms with Crippen molar-refractivity contribution in [2.24, 2.45) is 5.92 Å². The van der Waals surface area contributed by atoms with Gasteiger partial charge in [-0.1, -0.05) is 52.0 Å². The van der Waals surface area contributed by atoms with Crippen LogP contribution in [-0.2, 0) is 14.3 Å². The van der Waals surface area contributed by atoms with Crippen LogP contribution in [0.4, 0.5) is 5.69 Å². The van der Waals surface area contributed by atoms with Crippen LogP contribution in [-0.4, -0.2) is 24.4 Å². The molecule has 0 saturated heterocycles. The lowest BCUT2D eigenvalue weighted by Gasteiger charge is -2.23. The summed E-state index contributed by atoms with van der Waals surface area (Å²) in [6.07, 6.45) is 0. The molecule has 0 bridgehead atoms. The lowest BCUT2D eigenvalue weighted by molar-refractivity contribution is -0.125. The lowest BCUT2D eigenvalue weighted by atomic mass is 9.93. The molecule has 0 aliphatic rings. The summed E-state index contributed by atoms with van der Waals surface area (Å²) in [5.74, 6) is -0.527. The van der Waals surface area contributed by atoms with Crippen LogP contribution in [0.15, 0.2) is 48.5 Å². The van der Waals surface area contributed by atoms with E-state index in [9.17, 15) is 14.4 Å². The molecule has 2 N–H and O–H groups in total. The van der Waals surface area contributed by atoms with E-state index >= 15 is 0 Å². The topological polar surface area (TPSA) is 84.5 Å². The number of hydrogen-bond donors (Lipinski definition) is 2. The molecule has 2 aromatic rings. The fourth-order valence-electron chi connectivity index (χ4n) is 3.05. The SMILES string of the molecule is CC(=O)Nc1ccc(C(=O)OCC(=O)N[C@H](c2ccc(C(C)C)cc2)C(C)C)cc1. The maximum absolute atomic E-state index is 12.4. The van der Waals surface area contributed by atoms with E-state index in [-0.39, 0.29) is 30.4 Å². The molecule has 0 radical (unpaired) electrons. The van der Waals surface area contributed by atoms with Crippen molar-refractivity contribution in [2.75, 3.05) is 11.9 Å². The van der Waals surface area contributed by atoms with E-state index in [0.717, 1.165) is 5.56 Å². The van der Waals surface area contributed by atoms with Crippen molar-refractivity contribution in [2.45, 2.75) is 46.6 Å². The quantitative estimate of drug-likeness (QED) is 0.630. The number of carbonyl (C=O) groups is 3. The van der Waals surface area contributed by atoms with E-state index < -0.39 is 5.97 Å². The standard InChI is InChI=1S/C24H30N2O4/c1-15(2)18-6-8-19(9-7-18)23(16(3)4)26-22(28)14-30-24(29)20-10-12-21(13-11-20)25-17(5)27/h6-13,15-16,23H,14H2,1-5H3,(H,25,27)(H,26,28)/t23-/m0/s1. The number of rotatable bonds is 8. The van der Waals surface area contributed by atoms with Gasteiger partial charge in [0.2, 0.25) is 5.91 Å². The highest BCUT2D eigenvalue weighted by molar-refractivity contribution is 5.93. The van der Waals surface area contributed by atoms with Crippen LogP contribution in [0.25, 0.3) is 0 Å². The molecule has 2 rings (SSSR count). The summed E-state index contributed by atoms with van der Waals surface area (Å²) in [6.45, 7) is 9.38. The molecule has 30 heavy (non-hydrogen) atoms. The summed E-state index contributed by atoms with van der Waals surface area (Å²) in [7, 11) is 0. The van der Waals surface area contributed by atoms with Crippen LogP contribution in [0, 0.1) is 5.92 Å². The van der Waals surface area contributed by atoms with Gasteiger partial charge >= 0.3 is 5.97 Å². The van der Waals surface area contributed by atoms with Gasteiger partial charge in [-0.15, -0.1) is 0 Å². The Morgan fingerprint density at radius 1 is 0.867 bits per heavy atom. The number of anilines is 1. The van der Waals surface area contributed by atoms with Crippen molar-refractivity contribution in [3.05, 3.63) is 65.2 Å². The minimum Gasteiger partial charge on any atom is -0.452 e. The molecule has 2 amide bonds. The predicted molar refractivity (Wildman–Crippen MR) is 117 cm³/mol. The minimum atomic E-state index is -0.595. The van der Waals surface area contributed by atoms with Gasteiger partial charge in [0.05, 0.1) is 11.6 Å². The molecular formula is C24H30N2O4. The van der Waals surface area contributed by atoms with Crippen molar-refractivity contribution in [1.29, 1.82) is 0 Å². The zero-order valence-corrected chi connectivity index (χ0v) is 18.2. The number of amides is 2. The van der Waals surface area contributed by atoms with Crippen LogP contribution in [0.1, 0.15) is 68.1 Å². The molecular weight excluding hydrogens is 380 g/mol. The third kappa shape index (κ3) is 6.72. The highest BCUT2D eigenvalue weighted by Crippen LogP contribution is 2.24. The summed E-state index contributed by atoms with van der Waals surface area (Å²) >= 11 is 0. The number of nitrogens with one attached hydrogen (secondary N) is 2. The smallest absolute Gasteiger partial charge is 0.338 e. The number of esters is 1. The molecule has 6 nitrogen and oxygen atoms in total. The van der Waals surface area contributed by atoms with E-state index in [4.69, 9.17) is 4.74 Å². The number of hydrogen-bond acceptors (Lipinski definition) is 4.